The third-order valence-corrected chi connectivity index (χ3v) is 1.90. The Morgan fingerprint density at radius 2 is 1.61 bits per heavy atom. The zero-order valence-electron chi connectivity index (χ0n) is 9.84. The molecule has 4 N–H and O–H groups in total. The van der Waals surface area contributed by atoms with Gasteiger partial charge in [-0.1, -0.05) is 0 Å². The number of hydrogen-bond acceptors (Lipinski definition) is 7. The lowest BCUT2D eigenvalue weighted by atomic mass is 10.2. The first-order chi connectivity index (χ1) is 8.33. The van der Waals surface area contributed by atoms with Crippen molar-refractivity contribution in [3.63, 3.8) is 0 Å². The molecule has 0 aromatic heterocycles. The fraction of sp³-hybridized carbons (Fsp3) is 0.556. The summed E-state index contributed by atoms with van der Waals surface area (Å²) in [5.74, 6) is -4.32. The van der Waals surface area contributed by atoms with Crippen LogP contribution in [0, 0.1) is 0 Å². The summed E-state index contributed by atoms with van der Waals surface area (Å²) in [4.78, 5) is 44.1. The Morgan fingerprint density at radius 3 is 1.94 bits per heavy atom. The highest BCUT2D eigenvalue weighted by molar-refractivity contribution is 6.02. The summed E-state index contributed by atoms with van der Waals surface area (Å²) in [5.41, 5.74) is 5.12. The highest BCUT2D eigenvalue weighted by atomic mass is 16.5. The van der Waals surface area contributed by atoms with Crippen molar-refractivity contribution in [2.24, 2.45) is 5.73 Å². The van der Waals surface area contributed by atoms with Gasteiger partial charge in [0.2, 0.25) is 11.9 Å². The van der Waals surface area contributed by atoms with Crippen LogP contribution in [0.3, 0.4) is 0 Å². The second-order valence-electron chi connectivity index (χ2n) is 3.20. The van der Waals surface area contributed by atoms with Crippen LogP contribution in [0.25, 0.3) is 0 Å². The Labute approximate surface area is 102 Å². The van der Waals surface area contributed by atoms with Gasteiger partial charge in [0.15, 0.2) is 0 Å². The van der Waals surface area contributed by atoms with Crippen molar-refractivity contribution < 1.29 is 33.8 Å². The predicted octanol–water partition coefficient (Wildman–Crippen LogP) is -2.38. The van der Waals surface area contributed by atoms with Gasteiger partial charge in [-0.15, -0.1) is 0 Å². The smallest absolute Gasteiger partial charge is 0.340 e. The maximum atomic E-state index is 11.3. The molecule has 0 bridgehead atoms. The first-order valence-corrected chi connectivity index (χ1v) is 4.76. The number of amides is 1. The van der Waals surface area contributed by atoms with Crippen LogP contribution in [0.2, 0.25) is 0 Å². The molecule has 102 valence electrons. The number of carbonyl (C=O) groups excluding carboxylic acids is 3. The number of carboxylic acid groups (broad SMARTS) is 1. The lowest BCUT2D eigenvalue weighted by molar-refractivity contribution is -0.157. The van der Waals surface area contributed by atoms with E-state index in [1.54, 1.807) is 0 Å². The van der Waals surface area contributed by atoms with E-state index in [9.17, 15) is 19.2 Å². The molecule has 0 heterocycles. The lowest BCUT2D eigenvalue weighted by Gasteiger charge is -2.14. The lowest BCUT2D eigenvalue weighted by Crippen LogP contribution is -2.49. The van der Waals surface area contributed by atoms with Crippen molar-refractivity contribution in [1.82, 2.24) is 5.32 Å². The number of ether oxygens (including phenoxy) is 2. The molecule has 0 saturated carbocycles. The Hall–Kier alpha value is -2.16. The summed E-state index contributed by atoms with van der Waals surface area (Å²) in [6.07, 6.45) is -0.584. The highest BCUT2D eigenvalue weighted by Gasteiger charge is 2.31. The molecule has 0 spiro atoms. The molecule has 18 heavy (non-hydrogen) atoms. The number of nitrogens with one attached hydrogen (secondary N) is 1. The van der Waals surface area contributed by atoms with Crippen LogP contribution in [0.4, 0.5) is 0 Å². The largest absolute Gasteiger partial charge is 0.480 e. The summed E-state index contributed by atoms with van der Waals surface area (Å²) >= 11 is 0. The van der Waals surface area contributed by atoms with Gasteiger partial charge in [0.05, 0.1) is 20.6 Å². The van der Waals surface area contributed by atoms with Crippen molar-refractivity contribution in [2.45, 2.75) is 18.5 Å². The van der Waals surface area contributed by atoms with E-state index in [0.717, 1.165) is 14.2 Å². The van der Waals surface area contributed by atoms with E-state index in [4.69, 9.17) is 10.8 Å². The van der Waals surface area contributed by atoms with Gasteiger partial charge < -0.3 is 25.6 Å². The van der Waals surface area contributed by atoms with E-state index in [2.05, 4.69) is 9.47 Å². The topological polar surface area (TPSA) is 145 Å². The summed E-state index contributed by atoms with van der Waals surface area (Å²) in [5, 5.41) is 10.5. The summed E-state index contributed by atoms with van der Waals surface area (Å²) < 4.78 is 8.57. The van der Waals surface area contributed by atoms with E-state index in [-0.39, 0.29) is 0 Å². The average molecular weight is 262 g/mol. The van der Waals surface area contributed by atoms with Crippen molar-refractivity contribution in [1.29, 1.82) is 0 Å². The van der Waals surface area contributed by atoms with Crippen LogP contribution in [0.15, 0.2) is 0 Å². The van der Waals surface area contributed by atoms with Crippen LogP contribution < -0.4 is 11.1 Å². The number of hydrogen-bond donors (Lipinski definition) is 3. The number of esters is 2. The number of methoxy groups -OCH3 is 2. The first kappa shape index (κ1) is 15.8. The van der Waals surface area contributed by atoms with Gasteiger partial charge in [-0.25, -0.2) is 9.59 Å². The van der Waals surface area contributed by atoms with Crippen molar-refractivity contribution in [2.75, 3.05) is 14.2 Å². The fourth-order valence-corrected chi connectivity index (χ4v) is 0.957. The fourth-order valence-electron chi connectivity index (χ4n) is 0.957. The maximum absolute atomic E-state index is 11.3. The number of aliphatic carboxylic acids is 1. The SMILES string of the molecule is COC(=O)C(NC(=O)C[C@H](N)C(=O)O)C(=O)OC. The van der Waals surface area contributed by atoms with Gasteiger partial charge in [0.25, 0.3) is 0 Å². The predicted molar refractivity (Wildman–Crippen MR) is 56.2 cm³/mol. The van der Waals surface area contributed by atoms with Gasteiger partial charge in [-0.05, 0) is 0 Å². The Bertz CT molecular complexity index is 339. The van der Waals surface area contributed by atoms with E-state index in [1.807, 2.05) is 5.32 Å². The zero-order valence-corrected chi connectivity index (χ0v) is 9.84. The van der Waals surface area contributed by atoms with Crippen LogP contribution in [0.5, 0.6) is 0 Å². The molecule has 9 heteroatoms. The molecule has 0 fully saturated rings. The van der Waals surface area contributed by atoms with E-state index >= 15 is 0 Å². The number of nitrogens with two attached hydrogens (primary N) is 1. The van der Waals surface area contributed by atoms with Gasteiger partial charge in [0, 0.05) is 0 Å². The van der Waals surface area contributed by atoms with Gasteiger partial charge in [0.1, 0.15) is 6.04 Å². The molecule has 0 saturated heterocycles. The zero-order chi connectivity index (χ0) is 14.3. The maximum Gasteiger partial charge on any atom is 0.340 e. The minimum atomic E-state index is -1.64. The molecule has 0 aliphatic heterocycles. The third-order valence-electron chi connectivity index (χ3n) is 1.90. The Kier molecular flexibility index (Phi) is 6.35. The first-order valence-electron chi connectivity index (χ1n) is 4.76. The second kappa shape index (κ2) is 7.22. The molecular formula is C9H14N2O7. The molecular weight excluding hydrogens is 248 g/mol. The monoisotopic (exact) mass is 262 g/mol. The van der Waals surface area contributed by atoms with Crippen molar-refractivity contribution in [3.8, 4) is 0 Å². The standard InChI is InChI=1S/C9H14N2O7/c1-17-8(15)6(9(16)18-2)11-5(12)3-4(10)7(13)14/h4,6H,3,10H2,1-2H3,(H,11,12)(H,13,14)/t4-/m0/s1. The average Bonchev–Trinajstić information content (AvgIpc) is 2.33. The Balaban J connectivity index is 4.59. The van der Waals surface area contributed by atoms with Gasteiger partial charge >= 0.3 is 17.9 Å². The minimum absolute atomic E-state index is 0.584. The third kappa shape index (κ3) is 4.78. The Morgan fingerprint density at radius 1 is 1.17 bits per heavy atom. The van der Waals surface area contributed by atoms with E-state index in [1.165, 1.54) is 0 Å². The molecule has 0 aliphatic rings. The summed E-state index contributed by atoms with van der Waals surface area (Å²) in [7, 11) is 2.04. The van der Waals surface area contributed by atoms with Crippen LogP contribution in [-0.4, -0.2) is 55.2 Å². The van der Waals surface area contributed by atoms with E-state index in [0.29, 0.717) is 0 Å². The molecule has 1 atom stereocenters. The quantitative estimate of drug-likeness (QED) is 0.355. The van der Waals surface area contributed by atoms with Crippen molar-refractivity contribution >= 4 is 23.8 Å². The number of rotatable bonds is 6. The van der Waals surface area contributed by atoms with Crippen molar-refractivity contribution in [3.05, 3.63) is 0 Å². The molecule has 0 aromatic carbocycles. The van der Waals surface area contributed by atoms with Crippen LogP contribution in [-0.2, 0) is 28.7 Å². The van der Waals surface area contributed by atoms with Crippen LogP contribution in [0.1, 0.15) is 6.42 Å². The molecule has 1 amide bonds. The number of carbonyl (C=O) groups is 4. The molecule has 9 nitrogen and oxygen atoms in total. The van der Waals surface area contributed by atoms with Gasteiger partial charge in [-0.3, -0.25) is 9.59 Å². The summed E-state index contributed by atoms with van der Waals surface area (Å²) in [6.45, 7) is 0. The second-order valence-corrected chi connectivity index (χ2v) is 3.20. The molecule has 0 unspecified atom stereocenters. The van der Waals surface area contributed by atoms with E-state index < -0.39 is 42.3 Å². The highest BCUT2D eigenvalue weighted by Crippen LogP contribution is 1.95. The molecule has 0 aromatic rings. The number of carboxylic acids is 1. The minimum Gasteiger partial charge on any atom is -0.480 e. The normalized spacial score (nSPS) is 11.6. The van der Waals surface area contributed by atoms with Gasteiger partial charge in [-0.2, -0.15) is 0 Å². The molecule has 0 aliphatic carbocycles. The molecule has 0 radical (unpaired) electrons. The van der Waals surface area contributed by atoms with Crippen LogP contribution >= 0.6 is 0 Å². The molecule has 0 rings (SSSR count). The summed E-state index contributed by atoms with van der Waals surface area (Å²) in [6, 6.07) is -3.07.